The second-order valence-electron chi connectivity index (χ2n) is 6.03. The van der Waals surface area contributed by atoms with E-state index in [-0.39, 0.29) is 5.56 Å². The third kappa shape index (κ3) is 4.58. The van der Waals surface area contributed by atoms with Crippen LogP contribution < -0.4 is 4.74 Å². The molecule has 10 heteroatoms. The molecule has 30 heavy (non-hydrogen) atoms. The van der Waals surface area contributed by atoms with Crippen molar-refractivity contribution in [2.24, 2.45) is 0 Å². The van der Waals surface area contributed by atoms with Crippen LogP contribution >= 0.6 is 0 Å². The summed E-state index contributed by atoms with van der Waals surface area (Å²) in [5.41, 5.74) is -1.35. The van der Waals surface area contributed by atoms with Crippen LogP contribution in [0.5, 0.6) is 5.75 Å². The Morgan fingerprint density at radius 3 is 2.00 bits per heavy atom. The van der Waals surface area contributed by atoms with Crippen LogP contribution in [-0.4, -0.2) is 17.1 Å². The largest absolute Gasteiger partial charge is 0.573 e. The fraction of sp³-hybridized carbons (Fsp3) is 0.100. The van der Waals surface area contributed by atoms with E-state index < -0.39 is 46.7 Å². The molecule has 3 nitrogen and oxygen atoms in total. The number of hydrogen-bond donors (Lipinski definition) is 0. The minimum absolute atomic E-state index is 0.272. The number of benzene rings is 2. The standard InChI is InChI=1S/C20H10F7NO2/c21-13-4-7-15(16(22)9-13)18(29)19(23,24)17-8-3-12(10-28-17)11-1-5-14(6-2-11)30-20(25,26)27/h1-10H. The van der Waals surface area contributed by atoms with Crippen LogP contribution in [0.3, 0.4) is 0 Å². The molecule has 0 saturated carbocycles. The molecule has 0 N–H and O–H groups in total. The number of ketones is 1. The molecule has 0 saturated heterocycles. The lowest BCUT2D eigenvalue weighted by Gasteiger charge is -2.15. The van der Waals surface area contributed by atoms with Gasteiger partial charge in [0.15, 0.2) is 0 Å². The molecule has 0 bridgehead atoms. The van der Waals surface area contributed by atoms with Gasteiger partial charge in [-0.05, 0) is 35.9 Å². The van der Waals surface area contributed by atoms with E-state index in [1.807, 2.05) is 0 Å². The number of carbonyl (C=O) groups excluding carboxylic acids is 1. The Morgan fingerprint density at radius 2 is 1.47 bits per heavy atom. The lowest BCUT2D eigenvalue weighted by molar-refractivity contribution is -0.274. The molecule has 3 rings (SSSR count). The second kappa shape index (κ2) is 7.77. The molecule has 1 heterocycles. The summed E-state index contributed by atoms with van der Waals surface area (Å²) in [6, 6.07) is 8.18. The number of ether oxygens (including phenoxy) is 1. The molecule has 0 fully saturated rings. The number of carbonyl (C=O) groups is 1. The fourth-order valence-electron chi connectivity index (χ4n) is 2.56. The van der Waals surface area contributed by atoms with Crippen LogP contribution in [0.2, 0.25) is 0 Å². The first kappa shape index (κ1) is 21.3. The zero-order valence-corrected chi connectivity index (χ0v) is 14.7. The predicted molar refractivity (Wildman–Crippen MR) is 90.9 cm³/mol. The predicted octanol–water partition coefficient (Wildman–Crippen LogP) is 5.90. The van der Waals surface area contributed by atoms with Crippen molar-refractivity contribution in [2.75, 3.05) is 0 Å². The summed E-state index contributed by atoms with van der Waals surface area (Å²) < 4.78 is 95.8. The molecule has 3 aromatic rings. The van der Waals surface area contributed by atoms with Gasteiger partial charge in [0.2, 0.25) is 5.78 Å². The first-order valence-electron chi connectivity index (χ1n) is 8.18. The van der Waals surface area contributed by atoms with Crippen molar-refractivity contribution in [3.05, 3.63) is 83.7 Å². The Balaban J connectivity index is 1.83. The molecule has 0 atom stereocenters. The normalized spacial score (nSPS) is 12.0. The molecule has 0 aliphatic heterocycles. The molecular formula is C20H10F7NO2. The smallest absolute Gasteiger partial charge is 0.406 e. The zero-order chi connectivity index (χ0) is 22.1. The molecule has 156 valence electrons. The number of rotatable bonds is 5. The summed E-state index contributed by atoms with van der Waals surface area (Å²) in [7, 11) is 0. The van der Waals surface area contributed by atoms with Gasteiger partial charge >= 0.3 is 12.3 Å². The van der Waals surface area contributed by atoms with Crippen molar-refractivity contribution in [3.63, 3.8) is 0 Å². The quantitative estimate of drug-likeness (QED) is 0.375. The van der Waals surface area contributed by atoms with E-state index in [0.29, 0.717) is 23.8 Å². The fourth-order valence-corrected chi connectivity index (χ4v) is 2.56. The van der Waals surface area contributed by atoms with Gasteiger partial charge in [-0.15, -0.1) is 13.2 Å². The van der Waals surface area contributed by atoms with Crippen molar-refractivity contribution in [2.45, 2.75) is 12.3 Å². The van der Waals surface area contributed by atoms with E-state index >= 15 is 0 Å². The molecule has 1 aromatic heterocycles. The molecule has 0 aliphatic rings. The number of aromatic nitrogens is 1. The van der Waals surface area contributed by atoms with Crippen LogP contribution in [0, 0.1) is 11.6 Å². The van der Waals surface area contributed by atoms with E-state index in [9.17, 15) is 35.5 Å². The Bertz CT molecular complexity index is 1060. The van der Waals surface area contributed by atoms with Crippen LogP contribution in [0.25, 0.3) is 11.1 Å². The maximum Gasteiger partial charge on any atom is 0.573 e. The van der Waals surface area contributed by atoms with Crippen LogP contribution in [0.4, 0.5) is 30.7 Å². The summed E-state index contributed by atoms with van der Waals surface area (Å²) >= 11 is 0. The van der Waals surface area contributed by atoms with Gasteiger partial charge in [-0.25, -0.2) is 8.78 Å². The first-order chi connectivity index (χ1) is 14.0. The van der Waals surface area contributed by atoms with E-state index in [1.54, 1.807) is 0 Å². The molecule has 0 aliphatic carbocycles. The molecule has 0 unspecified atom stereocenters. The third-order valence-electron chi connectivity index (χ3n) is 3.97. The van der Waals surface area contributed by atoms with Crippen LogP contribution in [-0.2, 0) is 5.92 Å². The summed E-state index contributed by atoms with van der Waals surface area (Å²) in [5, 5.41) is 0. The number of nitrogens with zero attached hydrogens (tertiary/aromatic N) is 1. The molecule has 0 radical (unpaired) electrons. The molecular weight excluding hydrogens is 419 g/mol. The lowest BCUT2D eigenvalue weighted by atomic mass is 10.0. The highest BCUT2D eigenvalue weighted by molar-refractivity contribution is 6.01. The molecule has 0 spiro atoms. The minimum Gasteiger partial charge on any atom is -0.406 e. The van der Waals surface area contributed by atoms with Crippen LogP contribution in [0.15, 0.2) is 60.8 Å². The second-order valence-corrected chi connectivity index (χ2v) is 6.03. The Kier molecular flexibility index (Phi) is 5.51. The topological polar surface area (TPSA) is 39.2 Å². The van der Waals surface area contributed by atoms with Crippen molar-refractivity contribution in [1.29, 1.82) is 0 Å². The average Bonchev–Trinajstić information content (AvgIpc) is 2.67. The molecule has 2 aromatic carbocycles. The van der Waals surface area contributed by atoms with Crippen LogP contribution in [0.1, 0.15) is 16.1 Å². The first-order valence-corrected chi connectivity index (χ1v) is 8.18. The number of hydrogen-bond acceptors (Lipinski definition) is 3. The number of alkyl halides is 5. The van der Waals surface area contributed by atoms with Gasteiger partial charge in [-0.1, -0.05) is 18.2 Å². The SMILES string of the molecule is O=C(c1ccc(F)cc1F)C(F)(F)c1ccc(-c2ccc(OC(F)(F)F)cc2)cn1. The van der Waals surface area contributed by atoms with E-state index in [0.717, 1.165) is 24.4 Å². The summed E-state index contributed by atoms with van der Waals surface area (Å²) in [4.78, 5) is 15.6. The Hall–Kier alpha value is -3.43. The number of pyridine rings is 1. The monoisotopic (exact) mass is 429 g/mol. The van der Waals surface area contributed by atoms with Gasteiger partial charge in [0, 0.05) is 17.8 Å². The van der Waals surface area contributed by atoms with Gasteiger partial charge in [-0.3, -0.25) is 9.78 Å². The summed E-state index contributed by atoms with van der Waals surface area (Å²) in [6.07, 6.45) is -3.87. The van der Waals surface area contributed by atoms with Gasteiger partial charge in [0.25, 0.3) is 0 Å². The zero-order valence-electron chi connectivity index (χ0n) is 14.7. The van der Waals surface area contributed by atoms with Crippen molar-refractivity contribution in [1.82, 2.24) is 4.98 Å². The Morgan fingerprint density at radius 1 is 0.833 bits per heavy atom. The van der Waals surface area contributed by atoms with Gasteiger partial charge in [0.1, 0.15) is 23.1 Å². The maximum absolute atomic E-state index is 14.5. The average molecular weight is 429 g/mol. The van der Waals surface area contributed by atoms with E-state index in [4.69, 9.17) is 0 Å². The van der Waals surface area contributed by atoms with Gasteiger partial charge in [-0.2, -0.15) is 8.78 Å². The van der Waals surface area contributed by atoms with Crippen molar-refractivity contribution in [3.8, 4) is 16.9 Å². The Labute approximate surface area is 164 Å². The highest BCUT2D eigenvalue weighted by Gasteiger charge is 2.44. The van der Waals surface area contributed by atoms with E-state index in [2.05, 4.69) is 9.72 Å². The highest BCUT2D eigenvalue weighted by atomic mass is 19.4. The molecule has 0 amide bonds. The van der Waals surface area contributed by atoms with E-state index in [1.165, 1.54) is 18.2 Å². The number of halogens is 7. The van der Waals surface area contributed by atoms with Gasteiger partial charge in [0.05, 0.1) is 5.56 Å². The summed E-state index contributed by atoms with van der Waals surface area (Å²) in [6.45, 7) is 0. The summed E-state index contributed by atoms with van der Waals surface area (Å²) in [5.74, 6) is -9.01. The lowest BCUT2D eigenvalue weighted by Crippen LogP contribution is -2.28. The number of Topliss-reactive ketones (excluding diaryl/α,β-unsaturated/α-hetero) is 1. The van der Waals surface area contributed by atoms with Crippen molar-refractivity contribution < 1.29 is 40.3 Å². The van der Waals surface area contributed by atoms with Gasteiger partial charge < -0.3 is 4.74 Å². The minimum atomic E-state index is -4.85. The highest BCUT2D eigenvalue weighted by Crippen LogP contribution is 2.33. The third-order valence-corrected chi connectivity index (χ3v) is 3.97. The van der Waals surface area contributed by atoms with Crippen molar-refractivity contribution >= 4 is 5.78 Å². The maximum atomic E-state index is 14.5.